The van der Waals surface area contributed by atoms with E-state index in [2.05, 4.69) is 29.1 Å². The molecule has 1 N–H and O–H groups in total. The third kappa shape index (κ3) is 5.03. The molecule has 0 saturated carbocycles. The minimum absolute atomic E-state index is 0.223. The van der Waals surface area contributed by atoms with Crippen LogP contribution in [0, 0.1) is 5.82 Å². The zero-order valence-corrected chi connectivity index (χ0v) is 15.2. The molecule has 1 aliphatic heterocycles. The Morgan fingerprint density at radius 3 is 2.87 bits per heavy atom. The Bertz CT molecular complexity index is 563. The molecule has 128 valence electrons. The highest BCUT2D eigenvalue weighted by Gasteiger charge is 2.28. The van der Waals surface area contributed by atoms with Gasteiger partial charge in [-0.25, -0.2) is 4.39 Å². The van der Waals surface area contributed by atoms with Gasteiger partial charge in [-0.15, -0.1) is 0 Å². The summed E-state index contributed by atoms with van der Waals surface area (Å²) in [7, 11) is 1.79. The van der Waals surface area contributed by atoms with Gasteiger partial charge in [-0.1, -0.05) is 6.07 Å². The van der Waals surface area contributed by atoms with Gasteiger partial charge in [-0.2, -0.15) is 11.8 Å². The van der Waals surface area contributed by atoms with Crippen LogP contribution >= 0.6 is 11.8 Å². The number of guanidine groups is 1. The molecule has 1 fully saturated rings. The molecular weight excluding hydrogens is 313 g/mol. The third-order valence-electron chi connectivity index (χ3n) is 3.68. The highest BCUT2D eigenvalue weighted by molar-refractivity contribution is 8.00. The summed E-state index contributed by atoms with van der Waals surface area (Å²) < 4.78 is 19.4. The standard InChI is InChI=1S/C17H26FN3OS/c1-5-22-15-7-6-13(10-14(15)18)11-20-16(19-4)21-8-9-23-17(2,3)12-21/h6-7,10H,5,8-9,11-12H2,1-4H3,(H,19,20). The van der Waals surface area contributed by atoms with Gasteiger partial charge in [0.1, 0.15) is 0 Å². The number of hydrogen-bond donors (Lipinski definition) is 1. The van der Waals surface area contributed by atoms with Crippen molar-refractivity contribution in [2.75, 3.05) is 32.5 Å². The average molecular weight is 339 g/mol. The van der Waals surface area contributed by atoms with E-state index in [1.54, 1.807) is 13.1 Å². The lowest BCUT2D eigenvalue weighted by Gasteiger charge is -2.39. The first-order valence-electron chi connectivity index (χ1n) is 7.96. The van der Waals surface area contributed by atoms with Crippen LogP contribution in [0.25, 0.3) is 0 Å². The van der Waals surface area contributed by atoms with Gasteiger partial charge in [-0.3, -0.25) is 4.99 Å². The van der Waals surface area contributed by atoms with Gasteiger partial charge < -0.3 is 15.0 Å². The second-order valence-electron chi connectivity index (χ2n) is 6.13. The van der Waals surface area contributed by atoms with Gasteiger partial charge in [0, 0.05) is 37.2 Å². The van der Waals surface area contributed by atoms with E-state index in [0.29, 0.717) is 18.9 Å². The molecule has 0 spiro atoms. The van der Waals surface area contributed by atoms with Gasteiger partial charge in [0.05, 0.1) is 6.61 Å². The maximum atomic E-state index is 13.9. The molecule has 1 saturated heterocycles. The van der Waals surface area contributed by atoms with Crippen molar-refractivity contribution in [3.63, 3.8) is 0 Å². The topological polar surface area (TPSA) is 36.9 Å². The molecule has 1 heterocycles. The Labute approximate surface area is 142 Å². The van der Waals surface area contributed by atoms with Crippen molar-refractivity contribution in [3.8, 4) is 5.75 Å². The number of rotatable bonds is 4. The Kier molecular flexibility index (Phi) is 6.16. The first-order valence-corrected chi connectivity index (χ1v) is 8.94. The molecule has 0 amide bonds. The summed E-state index contributed by atoms with van der Waals surface area (Å²) >= 11 is 1.99. The van der Waals surface area contributed by atoms with Gasteiger partial charge in [0.15, 0.2) is 17.5 Å². The van der Waals surface area contributed by atoms with Crippen LogP contribution in [0.4, 0.5) is 4.39 Å². The minimum atomic E-state index is -0.323. The molecule has 6 heteroatoms. The Balaban J connectivity index is 1.97. The maximum absolute atomic E-state index is 13.9. The van der Waals surface area contributed by atoms with E-state index in [9.17, 15) is 4.39 Å². The minimum Gasteiger partial charge on any atom is -0.491 e. The van der Waals surface area contributed by atoms with Crippen LogP contribution < -0.4 is 10.1 Å². The summed E-state index contributed by atoms with van der Waals surface area (Å²) in [6.07, 6.45) is 0. The van der Waals surface area contributed by atoms with Crippen LogP contribution in [0.15, 0.2) is 23.2 Å². The zero-order valence-electron chi connectivity index (χ0n) is 14.4. The van der Waals surface area contributed by atoms with Crippen molar-refractivity contribution < 1.29 is 9.13 Å². The molecule has 0 atom stereocenters. The van der Waals surface area contributed by atoms with Gasteiger partial charge in [-0.05, 0) is 38.5 Å². The summed E-state index contributed by atoms with van der Waals surface area (Å²) in [4.78, 5) is 6.63. The Morgan fingerprint density at radius 1 is 1.48 bits per heavy atom. The van der Waals surface area contributed by atoms with E-state index >= 15 is 0 Å². The molecule has 1 aromatic carbocycles. The molecule has 0 bridgehead atoms. The van der Waals surface area contributed by atoms with Crippen molar-refractivity contribution in [2.24, 2.45) is 4.99 Å². The summed E-state index contributed by atoms with van der Waals surface area (Å²) in [5, 5.41) is 3.33. The largest absolute Gasteiger partial charge is 0.491 e. The Morgan fingerprint density at radius 2 is 2.26 bits per heavy atom. The van der Waals surface area contributed by atoms with Crippen LogP contribution in [-0.4, -0.2) is 48.1 Å². The summed E-state index contributed by atoms with van der Waals surface area (Å²) in [5.41, 5.74) is 0.873. The van der Waals surface area contributed by atoms with E-state index in [4.69, 9.17) is 4.74 Å². The number of halogens is 1. The smallest absolute Gasteiger partial charge is 0.193 e. The molecule has 23 heavy (non-hydrogen) atoms. The SMILES string of the molecule is CCOc1ccc(CNC(=NC)N2CCSC(C)(C)C2)cc1F. The summed E-state index contributed by atoms with van der Waals surface area (Å²) in [5.74, 6) is 1.94. The van der Waals surface area contributed by atoms with E-state index in [1.807, 2.05) is 24.8 Å². The van der Waals surface area contributed by atoms with Crippen LogP contribution in [0.5, 0.6) is 5.75 Å². The number of thioether (sulfide) groups is 1. The van der Waals surface area contributed by atoms with Crippen molar-refractivity contribution >= 4 is 17.7 Å². The first kappa shape index (κ1) is 17.9. The van der Waals surface area contributed by atoms with Gasteiger partial charge >= 0.3 is 0 Å². The van der Waals surface area contributed by atoms with Gasteiger partial charge in [0.25, 0.3) is 0 Å². The van der Waals surface area contributed by atoms with Crippen LogP contribution in [0.3, 0.4) is 0 Å². The predicted molar refractivity (Wildman–Crippen MR) is 95.9 cm³/mol. The number of hydrogen-bond acceptors (Lipinski definition) is 3. The van der Waals surface area contributed by atoms with Crippen molar-refractivity contribution in [3.05, 3.63) is 29.6 Å². The normalized spacial score (nSPS) is 18.0. The fourth-order valence-electron chi connectivity index (χ4n) is 2.64. The summed E-state index contributed by atoms with van der Waals surface area (Å²) in [6, 6.07) is 5.07. The highest BCUT2D eigenvalue weighted by Crippen LogP contribution is 2.29. The number of benzene rings is 1. The lowest BCUT2D eigenvalue weighted by Crippen LogP contribution is -2.50. The molecule has 1 aliphatic rings. The van der Waals surface area contributed by atoms with Gasteiger partial charge in [0.2, 0.25) is 0 Å². The van der Waals surface area contributed by atoms with Crippen LogP contribution in [0.2, 0.25) is 0 Å². The predicted octanol–water partition coefficient (Wildman–Crippen LogP) is 3.13. The molecule has 0 aromatic heterocycles. The van der Waals surface area contributed by atoms with Crippen LogP contribution in [-0.2, 0) is 6.54 Å². The number of ether oxygens (including phenoxy) is 1. The zero-order chi connectivity index (χ0) is 16.9. The molecule has 4 nitrogen and oxygen atoms in total. The fraction of sp³-hybridized carbons (Fsp3) is 0.588. The molecular formula is C17H26FN3OS. The Hall–Kier alpha value is -1.43. The monoisotopic (exact) mass is 339 g/mol. The van der Waals surface area contributed by atoms with E-state index < -0.39 is 0 Å². The number of nitrogens with zero attached hydrogens (tertiary/aromatic N) is 2. The highest BCUT2D eigenvalue weighted by atomic mass is 32.2. The molecule has 0 radical (unpaired) electrons. The second kappa shape index (κ2) is 7.90. The third-order valence-corrected chi connectivity index (χ3v) is 4.98. The number of aliphatic imine (C=N–C) groups is 1. The summed E-state index contributed by atoms with van der Waals surface area (Å²) in [6.45, 7) is 9.28. The number of nitrogens with one attached hydrogen (secondary N) is 1. The maximum Gasteiger partial charge on any atom is 0.193 e. The van der Waals surface area contributed by atoms with Crippen LogP contribution in [0.1, 0.15) is 26.3 Å². The first-order chi connectivity index (χ1) is 10.9. The average Bonchev–Trinajstić information content (AvgIpc) is 2.50. The van der Waals surface area contributed by atoms with E-state index in [1.165, 1.54) is 6.07 Å². The quantitative estimate of drug-likeness (QED) is 0.675. The molecule has 2 rings (SSSR count). The van der Waals surface area contributed by atoms with Crippen molar-refractivity contribution in [1.29, 1.82) is 0 Å². The fourth-order valence-corrected chi connectivity index (χ4v) is 3.75. The van der Waals surface area contributed by atoms with E-state index in [0.717, 1.165) is 30.4 Å². The van der Waals surface area contributed by atoms with Crippen molar-refractivity contribution in [1.82, 2.24) is 10.2 Å². The second-order valence-corrected chi connectivity index (χ2v) is 7.93. The molecule has 0 aliphatic carbocycles. The lowest BCUT2D eigenvalue weighted by atomic mass is 10.2. The molecule has 1 aromatic rings. The van der Waals surface area contributed by atoms with E-state index in [-0.39, 0.29) is 10.6 Å². The van der Waals surface area contributed by atoms with Crippen molar-refractivity contribution in [2.45, 2.75) is 32.1 Å². The lowest BCUT2D eigenvalue weighted by molar-refractivity contribution is 0.321. The molecule has 0 unspecified atom stereocenters.